The Morgan fingerprint density at radius 1 is 1.52 bits per heavy atom. The minimum atomic E-state index is -0.293. The van der Waals surface area contributed by atoms with Crippen molar-refractivity contribution in [3.8, 4) is 11.8 Å². The number of amides is 1. The smallest absolute Gasteiger partial charge is 0.328 e. The summed E-state index contributed by atoms with van der Waals surface area (Å²) in [6.45, 7) is 2.62. The average molecular weight is 286 g/mol. The SMILES string of the molecule is CC#CC(=O)N1CC[C@@H](n2c(=O)[nH]c3c(N)ncnc32)C1. The van der Waals surface area contributed by atoms with Gasteiger partial charge in [0.05, 0.1) is 6.04 Å². The van der Waals surface area contributed by atoms with Crippen LogP contribution in [0.5, 0.6) is 0 Å². The Morgan fingerprint density at radius 3 is 3.10 bits per heavy atom. The van der Waals surface area contributed by atoms with Gasteiger partial charge in [0, 0.05) is 13.1 Å². The molecule has 108 valence electrons. The number of rotatable bonds is 1. The van der Waals surface area contributed by atoms with E-state index >= 15 is 0 Å². The van der Waals surface area contributed by atoms with E-state index in [4.69, 9.17) is 5.73 Å². The number of nitrogens with two attached hydrogens (primary N) is 1. The van der Waals surface area contributed by atoms with Crippen molar-refractivity contribution < 1.29 is 4.79 Å². The lowest BCUT2D eigenvalue weighted by Crippen LogP contribution is -2.29. The van der Waals surface area contributed by atoms with E-state index in [0.29, 0.717) is 30.7 Å². The first kappa shape index (κ1) is 13.2. The van der Waals surface area contributed by atoms with Gasteiger partial charge in [0.25, 0.3) is 5.91 Å². The van der Waals surface area contributed by atoms with Crippen LogP contribution in [0.2, 0.25) is 0 Å². The number of anilines is 1. The molecule has 1 saturated heterocycles. The summed E-state index contributed by atoms with van der Waals surface area (Å²) in [7, 11) is 0. The summed E-state index contributed by atoms with van der Waals surface area (Å²) in [4.78, 5) is 36.2. The maximum absolute atomic E-state index is 12.1. The Hall–Kier alpha value is -2.82. The van der Waals surface area contributed by atoms with Gasteiger partial charge in [-0.25, -0.2) is 14.8 Å². The molecule has 8 nitrogen and oxygen atoms in total. The van der Waals surface area contributed by atoms with E-state index in [0.717, 1.165) is 0 Å². The fourth-order valence-electron chi connectivity index (χ4n) is 2.62. The molecule has 0 aliphatic carbocycles. The zero-order chi connectivity index (χ0) is 15.0. The minimum absolute atomic E-state index is 0.136. The summed E-state index contributed by atoms with van der Waals surface area (Å²) in [5.74, 6) is 5.11. The van der Waals surface area contributed by atoms with Crippen molar-refractivity contribution in [2.45, 2.75) is 19.4 Å². The Bertz CT molecular complexity index is 825. The van der Waals surface area contributed by atoms with Crippen molar-refractivity contribution in [2.75, 3.05) is 18.8 Å². The van der Waals surface area contributed by atoms with E-state index in [1.54, 1.807) is 16.4 Å². The molecule has 0 spiro atoms. The van der Waals surface area contributed by atoms with Crippen molar-refractivity contribution in [3.05, 3.63) is 16.8 Å². The standard InChI is InChI=1S/C13H14N6O2/c1-2-3-9(20)18-5-4-8(6-18)19-12-10(17-13(19)21)11(14)15-7-16-12/h7-8H,4-6H2,1H3,(H,17,21)(H2,14,15,16)/t8-/m1/s1. The van der Waals surface area contributed by atoms with E-state index in [-0.39, 0.29) is 23.5 Å². The zero-order valence-electron chi connectivity index (χ0n) is 11.5. The first-order valence-electron chi connectivity index (χ1n) is 6.54. The summed E-state index contributed by atoms with van der Waals surface area (Å²) in [5, 5.41) is 0. The fraction of sp³-hybridized carbons (Fsp3) is 0.385. The van der Waals surface area contributed by atoms with Crippen LogP contribution in [0.25, 0.3) is 11.2 Å². The van der Waals surface area contributed by atoms with Gasteiger partial charge in [0.1, 0.15) is 11.8 Å². The lowest BCUT2D eigenvalue weighted by Gasteiger charge is -2.13. The summed E-state index contributed by atoms with van der Waals surface area (Å²) < 4.78 is 1.54. The molecule has 3 rings (SSSR count). The first-order chi connectivity index (χ1) is 10.1. The van der Waals surface area contributed by atoms with Gasteiger partial charge in [0.15, 0.2) is 11.5 Å². The highest BCUT2D eigenvalue weighted by Gasteiger charge is 2.29. The molecule has 1 fully saturated rings. The normalized spacial score (nSPS) is 17.8. The van der Waals surface area contributed by atoms with Crippen LogP contribution in [0.3, 0.4) is 0 Å². The van der Waals surface area contributed by atoms with Gasteiger partial charge in [-0.15, -0.1) is 0 Å². The Balaban J connectivity index is 1.97. The number of nitrogens with zero attached hydrogens (tertiary/aromatic N) is 4. The van der Waals surface area contributed by atoms with E-state index in [1.807, 2.05) is 0 Å². The molecular weight excluding hydrogens is 272 g/mol. The molecule has 8 heteroatoms. The van der Waals surface area contributed by atoms with E-state index < -0.39 is 0 Å². The second-order valence-electron chi connectivity index (χ2n) is 4.83. The summed E-state index contributed by atoms with van der Waals surface area (Å²) in [5.41, 5.74) is 6.34. The highest BCUT2D eigenvalue weighted by molar-refractivity contribution is 5.93. The van der Waals surface area contributed by atoms with Crippen LogP contribution in [-0.4, -0.2) is 43.4 Å². The van der Waals surface area contributed by atoms with Crippen molar-refractivity contribution in [1.29, 1.82) is 0 Å². The highest BCUT2D eigenvalue weighted by Crippen LogP contribution is 2.24. The van der Waals surface area contributed by atoms with Crippen molar-refractivity contribution in [3.63, 3.8) is 0 Å². The van der Waals surface area contributed by atoms with Crippen LogP contribution in [0, 0.1) is 11.8 Å². The molecule has 2 aromatic rings. The number of aromatic nitrogens is 4. The Kier molecular flexibility index (Phi) is 3.10. The molecule has 1 aliphatic rings. The molecule has 3 N–H and O–H groups in total. The molecule has 2 aromatic heterocycles. The molecule has 0 saturated carbocycles. The molecular formula is C13H14N6O2. The van der Waals surface area contributed by atoms with Crippen molar-refractivity contribution in [1.82, 2.24) is 24.4 Å². The lowest BCUT2D eigenvalue weighted by molar-refractivity contribution is -0.124. The molecule has 0 unspecified atom stereocenters. The average Bonchev–Trinajstić information content (AvgIpc) is 3.03. The summed E-state index contributed by atoms with van der Waals surface area (Å²) in [6, 6.07) is -0.136. The van der Waals surface area contributed by atoms with Gasteiger partial charge in [-0.3, -0.25) is 9.36 Å². The number of carbonyl (C=O) groups excluding carboxylic acids is 1. The second-order valence-corrected chi connectivity index (χ2v) is 4.83. The molecule has 0 bridgehead atoms. The van der Waals surface area contributed by atoms with E-state index in [1.165, 1.54) is 6.33 Å². The van der Waals surface area contributed by atoms with Gasteiger partial charge in [0.2, 0.25) is 0 Å². The third kappa shape index (κ3) is 2.12. The van der Waals surface area contributed by atoms with Gasteiger partial charge < -0.3 is 15.6 Å². The van der Waals surface area contributed by atoms with Gasteiger partial charge >= 0.3 is 5.69 Å². The van der Waals surface area contributed by atoms with Gasteiger partial charge in [-0.2, -0.15) is 0 Å². The number of nitrogen functional groups attached to an aromatic ring is 1. The second kappa shape index (κ2) is 4.94. The maximum Gasteiger partial charge on any atom is 0.328 e. The third-order valence-corrected chi connectivity index (χ3v) is 3.58. The minimum Gasteiger partial charge on any atom is -0.382 e. The number of hydrogen-bond donors (Lipinski definition) is 2. The summed E-state index contributed by atoms with van der Waals surface area (Å²) >= 11 is 0. The number of hydrogen-bond acceptors (Lipinski definition) is 5. The van der Waals surface area contributed by atoms with Crippen molar-refractivity contribution >= 4 is 22.9 Å². The number of likely N-dealkylation sites (tertiary alicyclic amines) is 1. The van der Waals surface area contributed by atoms with Crippen LogP contribution in [-0.2, 0) is 4.79 Å². The zero-order valence-corrected chi connectivity index (χ0v) is 11.5. The molecule has 21 heavy (non-hydrogen) atoms. The van der Waals surface area contributed by atoms with Crippen LogP contribution < -0.4 is 11.4 Å². The van der Waals surface area contributed by atoms with Crippen LogP contribution in [0.4, 0.5) is 5.82 Å². The third-order valence-electron chi connectivity index (χ3n) is 3.58. The number of imidazole rings is 1. The Labute approximate surface area is 120 Å². The van der Waals surface area contributed by atoms with Crippen LogP contribution >= 0.6 is 0 Å². The van der Waals surface area contributed by atoms with Crippen LogP contribution in [0.1, 0.15) is 19.4 Å². The molecule has 0 aromatic carbocycles. The molecule has 1 amide bonds. The predicted octanol–water partition coefficient (Wildman–Crippen LogP) is -0.501. The predicted molar refractivity (Wildman–Crippen MR) is 76.2 cm³/mol. The highest BCUT2D eigenvalue weighted by atomic mass is 16.2. The number of H-pyrrole nitrogens is 1. The number of carbonyl (C=O) groups is 1. The molecule has 0 radical (unpaired) electrons. The first-order valence-corrected chi connectivity index (χ1v) is 6.54. The number of nitrogens with one attached hydrogen (secondary N) is 1. The topological polar surface area (TPSA) is 110 Å². The van der Waals surface area contributed by atoms with E-state index in [9.17, 15) is 9.59 Å². The quantitative estimate of drug-likeness (QED) is 0.687. The lowest BCUT2D eigenvalue weighted by atomic mass is 10.2. The fourth-order valence-corrected chi connectivity index (χ4v) is 2.62. The molecule has 1 atom stereocenters. The largest absolute Gasteiger partial charge is 0.382 e. The molecule has 3 heterocycles. The molecule has 1 aliphatic heterocycles. The van der Waals surface area contributed by atoms with Gasteiger partial charge in [-0.05, 0) is 19.3 Å². The maximum atomic E-state index is 12.1. The number of aromatic amines is 1. The summed E-state index contributed by atoms with van der Waals surface area (Å²) in [6.07, 6.45) is 2.00. The van der Waals surface area contributed by atoms with Gasteiger partial charge in [-0.1, -0.05) is 5.92 Å². The van der Waals surface area contributed by atoms with Crippen LogP contribution in [0.15, 0.2) is 11.1 Å². The monoisotopic (exact) mass is 286 g/mol. The van der Waals surface area contributed by atoms with E-state index in [2.05, 4.69) is 26.8 Å². The van der Waals surface area contributed by atoms with Crippen molar-refractivity contribution in [2.24, 2.45) is 0 Å². The number of fused-ring (bicyclic) bond motifs is 1. The Morgan fingerprint density at radius 2 is 2.33 bits per heavy atom.